The quantitative estimate of drug-likeness (QED) is 0.716. The summed E-state index contributed by atoms with van der Waals surface area (Å²) >= 11 is 0. The van der Waals surface area contributed by atoms with E-state index in [0.29, 0.717) is 22.2 Å². The van der Waals surface area contributed by atoms with E-state index in [4.69, 9.17) is 4.52 Å². The van der Waals surface area contributed by atoms with Crippen LogP contribution in [0.3, 0.4) is 0 Å². The van der Waals surface area contributed by atoms with Gasteiger partial charge in [0, 0.05) is 29.2 Å². The molecule has 0 aliphatic rings. The molecule has 1 atom stereocenters. The van der Waals surface area contributed by atoms with Crippen LogP contribution >= 0.6 is 0 Å². The van der Waals surface area contributed by atoms with E-state index in [0.717, 1.165) is 11.1 Å². The summed E-state index contributed by atoms with van der Waals surface area (Å²) in [5.74, 6) is 0.394. The zero-order chi connectivity index (χ0) is 18.0. The maximum Gasteiger partial charge on any atom is 0.285 e. The molecule has 0 saturated carbocycles. The van der Waals surface area contributed by atoms with Gasteiger partial charge in [0.25, 0.3) is 5.91 Å². The fraction of sp³-hybridized carbons (Fsp3) is 0.167. The molecule has 0 bridgehead atoms. The Morgan fingerprint density at radius 2 is 1.68 bits per heavy atom. The van der Waals surface area contributed by atoms with Crippen LogP contribution in [0.5, 0.6) is 0 Å². The minimum Gasteiger partial charge on any atom is -0.339 e. The molecule has 2 aromatic carbocycles. The molecular weight excluding hydrogens is 338 g/mol. The summed E-state index contributed by atoms with van der Waals surface area (Å²) in [5, 5.41) is 3.83. The van der Waals surface area contributed by atoms with Crippen LogP contribution in [0.4, 0.5) is 0 Å². The van der Waals surface area contributed by atoms with Crippen LogP contribution in [-0.2, 0) is 9.73 Å². The third-order valence-corrected chi connectivity index (χ3v) is 5.29. The fourth-order valence-corrected chi connectivity index (χ4v) is 3.40. The lowest BCUT2D eigenvalue weighted by Gasteiger charge is -2.05. The minimum atomic E-state index is -2.80. The van der Waals surface area contributed by atoms with Crippen LogP contribution in [0.2, 0.25) is 0 Å². The highest BCUT2D eigenvalue weighted by Gasteiger charge is 2.12. The molecule has 1 heterocycles. The molecule has 0 fully saturated rings. The first-order valence-electron chi connectivity index (χ1n) is 7.59. The van der Waals surface area contributed by atoms with Crippen molar-refractivity contribution in [2.75, 3.05) is 6.26 Å². The molecule has 0 radical (unpaired) electrons. The first-order chi connectivity index (χ1) is 11.8. The van der Waals surface area contributed by atoms with E-state index >= 15 is 0 Å². The Hall–Kier alpha value is -2.80. The van der Waals surface area contributed by atoms with Gasteiger partial charge in [-0.3, -0.25) is 4.79 Å². The average Bonchev–Trinajstić information content (AvgIpc) is 3.01. The van der Waals surface area contributed by atoms with Crippen LogP contribution in [0.25, 0.3) is 11.4 Å². The molecule has 0 aliphatic heterocycles. The van der Waals surface area contributed by atoms with E-state index in [-0.39, 0.29) is 0 Å². The van der Waals surface area contributed by atoms with Crippen LogP contribution in [0.15, 0.2) is 62.3 Å². The van der Waals surface area contributed by atoms with Crippen molar-refractivity contribution in [3.05, 3.63) is 65.5 Å². The SMILES string of the molecule is Cc1ccc(S(C)(=O)=NC(=O)c2ccc(-c3noc(C)n3)cc2)cc1. The van der Waals surface area contributed by atoms with Crippen molar-refractivity contribution in [1.82, 2.24) is 10.1 Å². The highest BCUT2D eigenvalue weighted by Crippen LogP contribution is 2.18. The second kappa shape index (κ2) is 6.60. The Labute approximate surface area is 146 Å². The average molecular weight is 355 g/mol. The van der Waals surface area contributed by atoms with Gasteiger partial charge in [-0.1, -0.05) is 35.0 Å². The van der Waals surface area contributed by atoms with Gasteiger partial charge in [-0.2, -0.15) is 9.35 Å². The number of benzene rings is 2. The van der Waals surface area contributed by atoms with E-state index in [9.17, 15) is 9.00 Å². The lowest BCUT2D eigenvalue weighted by molar-refractivity contribution is 0.100. The number of amides is 1. The van der Waals surface area contributed by atoms with E-state index in [1.54, 1.807) is 43.3 Å². The Morgan fingerprint density at radius 1 is 1.04 bits per heavy atom. The number of hydrogen-bond acceptors (Lipinski definition) is 5. The molecule has 3 rings (SSSR count). The standard InChI is InChI=1S/C18H17N3O3S/c1-12-4-10-16(11-5-12)25(3,23)21-18(22)15-8-6-14(7-9-15)17-19-13(2)24-20-17/h4-11H,1-3H3. The second-order valence-electron chi connectivity index (χ2n) is 5.73. The van der Waals surface area contributed by atoms with Crippen LogP contribution in [0.1, 0.15) is 21.8 Å². The van der Waals surface area contributed by atoms with Crippen molar-refractivity contribution in [3.63, 3.8) is 0 Å². The lowest BCUT2D eigenvalue weighted by atomic mass is 10.1. The molecule has 0 N–H and O–H groups in total. The number of carbonyl (C=O) groups is 1. The highest BCUT2D eigenvalue weighted by atomic mass is 32.2. The van der Waals surface area contributed by atoms with Gasteiger partial charge in [0.15, 0.2) is 0 Å². The first-order valence-corrected chi connectivity index (χ1v) is 9.51. The molecule has 3 aromatic rings. The zero-order valence-corrected chi connectivity index (χ0v) is 14.9. The Morgan fingerprint density at radius 3 is 2.24 bits per heavy atom. The number of hydrogen-bond donors (Lipinski definition) is 0. The van der Waals surface area contributed by atoms with Gasteiger partial charge in [-0.05, 0) is 31.2 Å². The summed E-state index contributed by atoms with van der Waals surface area (Å²) in [7, 11) is -2.80. The Balaban J connectivity index is 1.87. The van der Waals surface area contributed by atoms with Gasteiger partial charge in [0.1, 0.15) is 0 Å². The molecule has 128 valence electrons. The molecule has 1 aromatic heterocycles. The fourth-order valence-electron chi connectivity index (χ4n) is 2.23. The van der Waals surface area contributed by atoms with E-state index in [2.05, 4.69) is 14.5 Å². The topological polar surface area (TPSA) is 85.4 Å². The molecule has 6 nitrogen and oxygen atoms in total. The van der Waals surface area contributed by atoms with Gasteiger partial charge >= 0.3 is 0 Å². The lowest BCUT2D eigenvalue weighted by Crippen LogP contribution is -2.04. The van der Waals surface area contributed by atoms with E-state index in [1.807, 2.05) is 19.1 Å². The van der Waals surface area contributed by atoms with Crippen LogP contribution in [0, 0.1) is 13.8 Å². The van der Waals surface area contributed by atoms with Crippen molar-refractivity contribution in [3.8, 4) is 11.4 Å². The van der Waals surface area contributed by atoms with Crippen molar-refractivity contribution in [2.24, 2.45) is 4.36 Å². The largest absolute Gasteiger partial charge is 0.339 e. The first kappa shape index (κ1) is 17.0. The molecule has 1 amide bonds. The monoisotopic (exact) mass is 355 g/mol. The zero-order valence-electron chi connectivity index (χ0n) is 14.1. The van der Waals surface area contributed by atoms with Crippen molar-refractivity contribution < 1.29 is 13.5 Å². The number of rotatable bonds is 3. The van der Waals surface area contributed by atoms with Gasteiger partial charge in [0.2, 0.25) is 11.7 Å². The predicted molar refractivity (Wildman–Crippen MR) is 94.7 cm³/mol. The number of carbonyl (C=O) groups excluding carboxylic acids is 1. The second-order valence-corrected chi connectivity index (χ2v) is 7.99. The van der Waals surface area contributed by atoms with Crippen LogP contribution < -0.4 is 0 Å². The maximum absolute atomic E-state index is 12.8. The molecule has 0 spiro atoms. The normalized spacial score (nSPS) is 13.2. The Bertz CT molecular complexity index is 1030. The summed E-state index contributed by atoms with van der Waals surface area (Å²) in [5.41, 5.74) is 2.13. The van der Waals surface area contributed by atoms with Crippen molar-refractivity contribution in [1.29, 1.82) is 0 Å². The number of aromatic nitrogens is 2. The molecule has 0 saturated heterocycles. The van der Waals surface area contributed by atoms with Gasteiger partial charge in [-0.25, -0.2) is 4.21 Å². The third-order valence-electron chi connectivity index (χ3n) is 3.63. The molecule has 1 unspecified atom stereocenters. The molecule has 7 heteroatoms. The molecule has 0 aliphatic carbocycles. The summed E-state index contributed by atoms with van der Waals surface area (Å²) in [6.07, 6.45) is 1.46. The third kappa shape index (κ3) is 3.83. The van der Waals surface area contributed by atoms with Gasteiger partial charge < -0.3 is 4.52 Å². The summed E-state index contributed by atoms with van der Waals surface area (Å²) < 4.78 is 21.6. The smallest absolute Gasteiger partial charge is 0.285 e. The maximum atomic E-state index is 12.8. The summed E-state index contributed by atoms with van der Waals surface area (Å²) in [4.78, 5) is 17.0. The molecular formula is C18H17N3O3S. The predicted octanol–water partition coefficient (Wildman–Crippen LogP) is 3.65. The van der Waals surface area contributed by atoms with Gasteiger partial charge in [-0.15, -0.1) is 0 Å². The summed E-state index contributed by atoms with van der Waals surface area (Å²) in [6, 6.07) is 13.8. The minimum absolute atomic E-state index is 0.352. The number of nitrogens with zero attached hydrogens (tertiary/aromatic N) is 3. The number of aryl methyl sites for hydroxylation is 2. The van der Waals surface area contributed by atoms with Gasteiger partial charge in [0.05, 0.1) is 9.73 Å². The van der Waals surface area contributed by atoms with Crippen molar-refractivity contribution in [2.45, 2.75) is 18.7 Å². The molecule has 25 heavy (non-hydrogen) atoms. The Kier molecular flexibility index (Phi) is 4.50. The van der Waals surface area contributed by atoms with Crippen molar-refractivity contribution >= 4 is 15.6 Å². The van der Waals surface area contributed by atoms with E-state index in [1.165, 1.54) is 6.26 Å². The van der Waals surface area contributed by atoms with Crippen LogP contribution in [-0.4, -0.2) is 26.5 Å². The summed E-state index contributed by atoms with van der Waals surface area (Å²) in [6.45, 7) is 3.65. The highest BCUT2D eigenvalue weighted by molar-refractivity contribution is 7.93. The van der Waals surface area contributed by atoms with E-state index < -0.39 is 15.6 Å².